The minimum absolute atomic E-state index is 0. The molecule has 0 radical (unpaired) electrons. The third-order valence-electron chi connectivity index (χ3n) is 6.01. The summed E-state index contributed by atoms with van der Waals surface area (Å²) in [6, 6.07) is 12.3. The monoisotopic (exact) mass is 639 g/mol. The second-order valence-corrected chi connectivity index (χ2v) is 12.4. The largest absolute Gasteiger partial charge is 1.00 e. The number of sulfone groups is 1. The smallest absolute Gasteiger partial charge is 0.744 e. The Morgan fingerprint density at radius 2 is 1.50 bits per heavy atom. The number of hydrogen-bond donors (Lipinski definition) is 3. The first-order valence-corrected chi connectivity index (χ1v) is 15.0. The standard InChI is InChI=1S/C25H17ClFN5O7S2.Na/c1-40(35,36)25-31-23(27)20(26)24(32-25)30-16-10-11(6-9-17(16)41(37,38)39)29-15-8-7-14(28)18-19(15)22(34)13-5-3-2-4-12(13)21(18)33;/h2-10,29H,28H2,1H3,(H,30,31,32)(H,37,38,39);/q;+1/p-1. The number of benzene rings is 3. The van der Waals surface area contributed by atoms with Gasteiger partial charge in [-0.3, -0.25) is 9.59 Å². The van der Waals surface area contributed by atoms with Crippen molar-refractivity contribution in [1.29, 1.82) is 0 Å². The van der Waals surface area contributed by atoms with Crippen LogP contribution < -0.4 is 45.9 Å². The summed E-state index contributed by atoms with van der Waals surface area (Å²) < 4.78 is 73.9. The van der Waals surface area contributed by atoms with Crippen molar-refractivity contribution in [2.75, 3.05) is 22.6 Å². The molecule has 1 heterocycles. The van der Waals surface area contributed by atoms with Crippen molar-refractivity contribution in [3.05, 3.63) is 87.8 Å². The van der Waals surface area contributed by atoms with Crippen molar-refractivity contribution < 1.29 is 64.9 Å². The molecule has 1 aromatic heterocycles. The van der Waals surface area contributed by atoms with E-state index in [1.54, 1.807) is 12.1 Å². The van der Waals surface area contributed by atoms with Crippen molar-refractivity contribution >= 4 is 71.7 Å². The molecule has 0 amide bonds. The number of nitrogens with one attached hydrogen (secondary N) is 2. The van der Waals surface area contributed by atoms with E-state index in [4.69, 9.17) is 17.3 Å². The van der Waals surface area contributed by atoms with E-state index >= 15 is 0 Å². The van der Waals surface area contributed by atoms with Gasteiger partial charge in [0, 0.05) is 28.8 Å². The normalized spacial score (nSPS) is 12.7. The maximum Gasteiger partial charge on any atom is 1.00 e. The molecule has 0 saturated heterocycles. The average Bonchev–Trinajstić information content (AvgIpc) is 2.89. The summed E-state index contributed by atoms with van der Waals surface area (Å²) in [6.07, 6.45) is 0.718. The molecule has 12 nitrogen and oxygen atoms in total. The van der Waals surface area contributed by atoms with Gasteiger partial charge in [0.2, 0.25) is 15.8 Å². The number of ketones is 2. The fraction of sp³-hybridized carbons (Fsp3) is 0.0400. The van der Waals surface area contributed by atoms with Crippen molar-refractivity contribution in [2.24, 2.45) is 0 Å². The number of carbonyl (C=O) groups is 2. The molecule has 42 heavy (non-hydrogen) atoms. The van der Waals surface area contributed by atoms with E-state index in [-0.39, 0.29) is 68.9 Å². The Balaban J connectivity index is 0.00000405. The van der Waals surface area contributed by atoms with E-state index in [2.05, 4.69) is 20.6 Å². The van der Waals surface area contributed by atoms with Crippen LogP contribution in [0, 0.1) is 5.95 Å². The van der Waals surface area contributed by atoms with Crippen LogP contribution in [0.5, 0.6) is 0 Å². The van der Waals surface area contributed by atoms with Gasteiger partial charge >= 0.3 is 29.6 Å². The van der Waals surface area contributed by atoms with Crippen LogP contribution in [0.15, 0.2) is 64.6 Å². The molecule has 1 aliphatic carbocycles. The van der Waals surface area contributed by atoms with Crippen LogP contribution in [-0.2, 0) is 20.0 Å². The topological polar surface area (TPSA) is 201 Å². The molecule has 0 unspecified atom stereocenters. The van der Waals surface area contributed by atoms with Crippen molar-refractivity contribution in [2.45, 2.75) is 10.1 Å². The number of rotatable bonds is 6. The number of nitrogen functional groups attached to an aromatic ring is 1. The number of halogens is 2. The Morgan fingerprint density at radius 3 is 2.10 bits per heavy atom. The molecule has 17 heteroatoms. The van der Waals surface area contributed by atoms with Gasteiger partial charge < -0.3 is 20.9 Å². The summed E-state index contributed by atoms with van der Waals surface area (Å²) in [5.41, 5.74) is 6.20. The van der Waals surface area contributed by atoms with Crippen molar-refractivity contribution in [1.82, 2.24) is 9.97 Å². The number of nitrogens with zero attached hydrogens (tertiary/aromatic N) is 2. The van der Waals surface area contributed by atoms with Gasteiger partial charge in [0.1, 0.15) is 15.1 Å². The Kier molecular flexibility index (Phi) is 8.50. The van der Waals surface area contributed by atoms with E-state index in [0.717, 1.165) is 18.4 Å². The van der Waals surface area contributed by atoms with Crippen LogP contribution in [0.2, 0.25) is 5.02 Å². The molecule has 0 atom stereocenters. The average molecular weight is 640 g/mol. The number of nitrogens with two attached hydrogens (primary N) is 1. The molecule has 0 bridgehead atoms. The van der Waals surface area contributed by atoms with Gasteiger partial charge in [-0.25, -0.2) is 16.8 Å². The molecule has 0 aliphatic heterocycles. The van der Waals surface area contributed by atoms with Gasteiger partial charge in [0.05, 0.1) is 27.4 Å². The molecule has 4 aromatic rings. The Bertz CT molecular complexity index is 2040. The number of fused-ring (bicyclic) bond motifs is 2. The van der Waals surface area contributed by atoms with Crippen LogP contribution >= 0.6 is 11.6 Å². The van der Waals surface area contributed by atoms with E-state index in [9.17, 15) is 35.4 Å². The molecule has 1 aliphatic rings. The predicted octanol–water partition coefficient (Wildman–Crippen LogP) is 0.425. The molecule has 0 spiro atoms. The molecular formula is C25H16ClFN5NaO7S2. The first kappa shape index (κ1) is 31.5. The predicted molar refractivity (Wildman–Crippen MR) is 145 cm³/mol. The molecular weight excluding hydrogens is 624 g/mol. The summed E-state index contributed by atoms with van der Waals surface area (Å²) in [6.45, 7) is 0. The zero-order valence-electron chi connectivity index (χ0n) is 21.6. The third kappa shape index (κ3) is 5.76. The van der Waals surface area contributed by atoms with Crippen molar-refractivity contribution in [3.63, 3.8) is 0 Å². The number of aromatic nitrogens is 2. The fourth-order valence-corrected chi connectivity index (χ4v) is 5.46. The van der Waals surface area contributed by atoms with Crippen LogP contribution in [0.3, 0.4) is 0 Å². The van der Waals surface area contributed by atoms with Gasteiger partial charge in [0.25, 0.3) is 5.16 Å². The van der Waals surface area contributed by atoms with E-state index in [1.807, 2.05) is 0 Å². The Labute approximate surface area is 265 Å². The zero-order chi connectivity index (χ0) is 29.9. The summed E-state index contributed by atoms with van der Waals surface area (Å²) >= 11 is 5.88. The number of carbonyl (C=O) groups excluding carboxylic acids is 2. The van der Waals surface area contributed by atoms with Crippen LogP contribution in [0.25, 0.3) is 0 Å². The second-order valence-electron chi connectivity index (χ2n) is 8.80. The van der Waals surface area contributed by atoms with Gasteiger partial charge in [-0.05, 0) is 30.3 Å². The minimum Gasteiger partial charge on any atom is -0.744 e. The quantitative estimate of drug-likeness (QED) is 0.0761. The third-order valence-corrected chi connectivity index (χ3v) is 8.09. The van der Waals surface area contributed by atoms with Crippen molar-refractivity contribution in [3.8, 4) is 0 Å². The molecule has 0 saturated carbocycles. The van der Waals surface area contributed by atoms with E-state index in [1.165, 1.54) is 30.3 Å². The zero-order valence-corrected chi connectivity index (χ0v) is 26.0. The maximum atomic E-state index is 14.3. The molecule has 4 N–H and O–H groups in total. The van der Waals surface area contributed by atoms with Gasteiger partial charge in [-0.1, -0.05) is 35.9 Å². The van der Waals surface area contributed by atoms with Gasteiger partial charge in [-0.2, -0.15) is 14.4 Å². The summed E-state index contributed by atoms with van der Waals surface area (Å²) in [7, 11) is -9.24. The summed E-state index contributed by atoms with van der Waals surface area (Å²) in [5.74, 6) is -3.00. The van der Waals surface area contributed by atoms with Gasteiger partial charge in [-0.15, -0.1) is 0 Å². The second kappa shape index (κ2) is 11.3. The van der Waals surface area contributed by atoms with E-state index < -0.39 is 64.0 Å². The molecule has 3 aromatic carbocycles. The fourth-order valence-electron chi connectivity index (χ4n) is 4.21. The maximum absolute atomic E-state index is 14.3. The number of anilines is 5. The number of hydrogen-bond acceptors (Lipinski definition) is 12. The molecule has 0 fully saturated rings. The van der Waals surface area contributed by atoms with E-state index in [0.29, 0.717) is 0 Å². The molecule has 5 rings (SSSR count). The Morgan fingerprint density at radius 1 is 0.881 bits per heavy atom. The SMILES string of the molecule is CS(=O)(=O)c1nc(F)c(Cl)c(Nc2cc(Nc3ccc(N)c4c3C(=O)c3ccccc3C4=O)ccc2S(=O)(=O)[O-])n1.[Na+]. The van der Waals surface area contributed by atoms with Gasteiger partial charge in [0.15, 0.2) is 17.4 Å². The summed E-state index contributed by atoms with van der Waals surface area (Å²) in [4.78, 5) is 32.6. The van der Waals surface area contributed by atoms with Crippen LogP contribution in [-0.4, -0.2) is 49.2 Å². The van der Waals surface area contributed by atoms with Crippen LogP contribution in [0.4, 0.5) is 33.0 Å². The first-order valence-electron chi connectivity index (χ1n) is 11.3. The van der Waals surface area contributed by atoms with Crippen LogP contribution in [0.1, 0.15) is 31.8 Å². The first-order chi connectivity index (χ1) is 19.2. The Hall–Kier alpha value is -3.44. The minimum atomic E-state index is -5.13. The molecule has 210 valence electrons. The summed E-state index contributed by atoms with van der Waals surface area (Å²) in [5, 5.41) is 3.56.